The van der Waals surface area contributed by atoms with Crippen molar-refractivity contribution >= 4 is 27.2 Å². The number of hydrogen-bond acceptors (Lipinski definition) is 11. The predicted molar refractivity (Wildman–Crippen MR) is 102 cm³/mol. The van der Waals surface area contributed by atoms with Crippen molar-refractivity contribution in [1.82, 2.24) is 10.2 Å². The van der Waals surface area contributed by atoms with Gasteiger partial charge in [0.2, 0.25) is 5.89 Å². The van der Waals surface area contributed by atoms with Crippen molar-refractivity contribution in [3.63, 3.8) is 0 Å². The zero-order valence-corrected chi connectivity index (χ0v) is 16.4. The van der Waals surface area contributed by atoms with E-state index in [1.807, 2.05) is 0 Å². The first-order valence-electron chi connectivity index (χ1n) is 8.29. The molecule has 0 N–H and O–H groups in total. The van der Waals surface area contributed by atoms with Crippen LogP contribution < -0.4 is 0 Å². The molecule has 0 saturated carbocycles. The first-order chi connectivity index (χ1) is 14.6. The lowest BCUT2D eigenvalue weighted by molar-refractivity contribution is -0.387. The van der Waals surface area contributed by atoms with Gasteiger partial charge >= 0.3 is 5.97 Å². The van der Waals surface area contributed by atoms with Crippen LogP contribution in [0.1, 0.15) is 16.2 Å². The van der Waals surface area contributed by atoms with E-state index in [1.165, 1.54) is 24.3 Å². The summed E-state index contributed by atoms with van der Waals surface area (Å²) in [5.41, 5.74) is -0.708. The quantitative estimate of drug-likeness (QED) is 0.293. The van der Waals surface area contributed by atoms with Crippen molar-refractivity contribution in [2.45, 2.75) is 11.5 Å². The minimum Gasteiger partial charge on any atom is -0.452 e. The van der Waals surface area contributed by atoms with E-state index < -0.39 is 42.8 Å². The average Bonchev–Trinajstić information content (AvgIpc) is 3.20. The molecule has 0 aliphatic rings. The van der Waals surface area contributed by atoms with Crippen molar-refractivity contribution in [2.75, 3.05) is 6.26 Å². The number of non-ortho nitro benzene ring substituents is 1. The zero-order valence-electron chi connectivity index (χ0n) is 15.6. The summed E-state index contributed by atoms with van der Waals surface area (Å²) in [7, 11) is -3.87. The van der Waals surface area contributed by atoms with Gasteiger partial charge in [-0.25, -0.2) is 13.2 Å². The molecule has 0 unspecified atom stereocenters. The second kappa shape index (κ2) is 8.27. The van der Waals surface area contributed by atoms with Crippen molar-refractivity contribution in [2.24, 2.45) is 0 Å². The van der Waals surface area contributed by atoms with E-state index >= 15 is 0 Å². The Morgan fingerprint density at radius 3 is 2.32 bits per heavy atom. The van der Waals surface area contributed by atoms with Gasteiger partial charge in [-0.2, -0.15) is 0 Å². The van der Waals surface area contributed by atoms with E-state index in [2.05, 4.69) is 10.2 Å². The van der Waals surface area contributed by atoms with Gasteiger partial charge < -0.3 is 9.15 Å². The maximum absolute atomic E-state index is 12.2. The van der Waals surface area contributed by atoms with Crippen LogP contribution in [-0.2, 0) is 21.2 Å². The van der Waals surface area contributed by atoms with Gasteiger partial charge in [-0.05, 0) is 24.3 Å². The Balaban J connectivity index is 1.72. The number of sulfone groups is 1. The van der Waals surface area contributed by atoms with Crippen molar-refractivity contribution < 1.29 is 32.2 Å². The van der Waals surface area contributed by atoms with Crippen LogP contribution >= 0.6 is 0 Å². The maximum Gasteiger partial charge on any atom is 0.338 e. The van der Waals surface area contributed by atoms with Crippen molar-refractivity contribution in [1.29, 1.82) is 0 Å². The number of nitrogens with zero attached hydrogens (tertiary/aromatic N) is 4. The number of nitro benzene ring substituents is 2. The molecule has 14 heteroatoms. The van der Waals surface area contributed by atoms with Gasteiger partial charge in [0.05, 0.1) is 15.4 Å². The Labute approximate surface area is 173 Å². The van der Waals surface area contributed by atoms with Crippen LogP contribution in [0, 0.1) is 20.2 Å². The Hall–Kier alpha value is -4.20. The summed E-state index contributed by atoms with van der Waals surface area (Å²) in [6.07, 6.45) is 0.811. The fourth-order valence-corrected chi connectivity index (χ4v) is 3.29. The molecule has 0 aliphatic carbocycles. The molecule has 0 aliphatic heterocycles. The number of carbonyl (C=O) groups is 1. The van der Waals surface area contributed by atoms with Gasteiger partial charge in [-0.15, -0.1) is 10.2 Å². The van der Waals surface area contributed by atoms with Gasteiger partial charge in [-0.3, -0.25) is 20.2 Å². The molecule has 0 fully saturated rings. The maximum atomic E-state index is 12.2. The normalized spacial score (nSPS) is 11.1. The van der Waals surface area contributed by atoms with E-state index in [4.69, 9.17) is 9.15 Å². The van der Waals surface area contributed by atoms with Crippen LogP contribution in [0.5, 0.6) is 0 Å². The summed E-state index contributed by atoms with van der Waals surface area (Å²) >= 11 is 0. The molecule has 0 radical (unpaired) electrons. The molecule has 0 spiro atoms. The van der Waals surface area contributed by atoms with Crippen LogP contribution in [0.2, 0.25) is 0 Å². The molecule has 0 amide bonds. The SMILES string of the molecule is CS(=O)(=O)c1ccc(C(=O)OCc2nnc(-c3ccc([N+](=O)[O-])cc3)o2)cc1[N+](=O)[O-]. The van der Waals surface area contributed by atoms with Crippen LogP contribution in [-0.4, -0.2) is 40.7 Å². The fraction of sp³-hybridized carbons (Fsp3) is 0.118. The standard InChI is InChI=1S/C17H12N4O9S/c1-31(27,28)14-7-4-11(8-13(14)21(25)26)17(22)29-9-15-18-19-16(30-15)10-2-5-12(6-3-10)20(23)24/h2-8H,9H2,1H3. The number of hydrogen-bond donors (Lipinski definition) is 0. The Morgan fingerprint density at radius 1 is 1.06 bits per heavy atom. The molecule has 2 aromatic carbocycles. The number of ether oxygens (including phenoxy) is 1. The molecule has 3 aromatic rings. The largest absolute Gasteiger partial charge is 0.452 e. The number of benzene rings is 2. The van der Waals surface area contributed by atoms with Gasteiger partial charge in [0.1, 0.15) is 4.90 Å². The molecule has 1 aromatic heterocycles. The highest BCUT2D eigenvalue weighted by Crippen LogP contribution is 2.26. The van der Waals surface area contributed by atoms with E-state index in [9.17, 15) is 33.4 Å². The molecule has 13 nitrogen and oxygen atoms in total. The fourth-order valence-electron chi connectivity index (χ4n) is 2.47. The summed E-state index contributed by atoms with van der Waals surface area (Å²) < 4.78 is 33.6. The molecule has 0 bridgehead atoms. The topological polar surface area (TPSA) is 186 Å². The number of nitro groups is 2. The number of aromatic nitrogens is 2. The lowest BCUT2D eigenvalue weighted by atomic mass is 10.2. The third-order valence-corrected chi connectivity index (χ3v) is 5.05. The summed E-state index contributed by atoms with van der Waals surface area (Å²) in [5.74, 6) is -1.03. The summed E-state index contributed by atoms with van der Waals surface area (Å²) in [6, 6.07) is 8.16. The Bertz CT molecular complexity index is 1280. The minimum atomic E-state index is -3.87. The molecular weight excluding hydrogens is 436 g/mol. The van der Waals surface area contributed by atoms with Crippen LogP contribution in [0.3, 0.4) is 0 Å². The van der Waals surface area contributed by atoms with E-state index in [0.717, 1.165) is 24.5 Å². The minimum absolute atomic E-state index is 0.0362. The second-order valence-corrected chi connectivity index (χ2v) is 8.08. The molecule has 0 saturated heterocycles. The van der Waals surface area contributed by atoms with Crippen LogP contribution in [0.15, 0.2) is 51.8 Å². The monoisotopic (exact) mass is 448 g/mol. The third kappa shape index (κ3) is 4.87. The number of esters is 1. The third-order valence-electron chi connectivity index (χ3n) is 3.91. The Kier molecular flexibility index (Phi) is 5.74. The first kappa shape index (κ1) is 21.5. The molecule has 31 heavy (non-hydrogen) atoms. The molecule has 160 valence electrons. The molecular formula is C17H12N4O9S. The number of carbonyl (C=O) groups excluding carboxylic acids is 1. The first-order valence-corrected chi connectivity index (χ1v) is 10.2. The highest BCUT2D eigenvalue weighted by Gasteiger charge is 2.24. The molecule has 1 heterocycles. The van der Waals surface area contributed by atoms with Gasteiger partial charge in [-0.1, -0.05) is 0 Å². The van der Waals surface area contributed by atoms with E-state index in [1.54, 1.807) is 0 Å². The van der Waals surface area contributed by atoms with E-state index in [0.29, 0.717) is 5.56 Å². The second-order valence-electron chi connectivity index (χ2n) is 6.09. The van der Waals surface area contributed by atoms with Crippen molar-refractivity contribution in [3.8, 4) is 11.5 Å². The van der Waals surface area contributed by atoms with Gasteiger partial charge in [0, 0.05) is 30.0 Å². The summed E-state index contributed by atoms with van der Waals surface area (Å²) in [6.45, 7) is -0.458. The average molecular weight is 448 g/mol. The lowest BCUT2D eigenvalue weighted by Gasteiger charge is -2.05. The molecule has 0 atom stereocenters. The number of rotatable bonds is 7. The molecule has 3 rings (SSSR count). The van der Waals surface area contributed by atoms with Crippen LogP contribution in [0.4, 0.5) is 11.4 Å². The zero-order chi connectivity index (χ0) is 22.8. The highest BCUT2D eigenvalue weighted by molar-refractivity contribution is 7.90. The summed E-state index contributed by atoms with van der Waals surface area (Å²) in [5, 5.41) is 29.3. The Morgan fingerprint density at radius 2 is 1.74 bits per heavy atom. The summed E-state index contributed by atoms with van der Waals surface area (Å²) in [4.78, 5) is 32.0. The lowest BCUT2D eigenvalue weighted by Crippen LogP contribution is -2.08. The smallest absolute Gasteiger partial charge is 0.338 e. The predicted octanol–water partition coefficient (Wildman–Crippen LogP) is 2.31. The van der Waals surface area contributed by atoms with Gasteiger partial charge in [0.25, 0.3) is 17.3 Å². The van der Waals surface area contributed by atoms with Gasteiger partial charge in [0.15, 0.2) is 16.4 Å². The van der Waals surface area contributed by atoms with Crippen LogP contribution in [0.25, 0.3) is 11.5 Å². The van der Waals surface area contributed by atoms with Crippen molar-refractivity contribution in [3.05, 3.63) is 74.1 Å². The van der Waals surface area contributed by atoms with E-state index in [-0.39, 0.29) is 23.0 Å². The highest BCUT2D eigenvalue weighted by atomic mass is 32.2.